The molecule has 2 aromatic carbocycles. The number of para-hydroxylation sites is 1. The van der Waals surface area contributed by atoms with Gasteiger partial charge >= 0.3 is 0 Å². The third-order valence-corrected chi connectivity index (χ3v) is 6.73. The number of Topliss-reactive ketones (excluding diaryl/α,β-unsaturated/α-hetero) is 1. The number of nitrogens with zero attached hydrogens (tertiary/aromatic N) is 3. The lowest BCUT2D eigenvalue weighted by atomic mass is 10.2. The molecule has 0 unspecified atom stereocenters. The van der Waals surface area contributed by atoms with E-state index in [4.69, 9.17) is 4.74 Å². The predicted octanol–water partition coefficient (Wildman–Crippen LogP) is 5.13. The zero-order valence-electron chi connectivity index (χ0n) is 19.5. The van der Waals surface area contributed by atoms with Crippen molar-refractivity contribution in [1.29, 1.82) is 0 Å². The van der Waals surface area contributed by atoms with Crippen molar-refractivity contribution >= 4 is 28.4 Å². The van der Waals surface area contributed by atoms with E-state index in [9.17, 15) is 14.0 Å². The lowest BCUT2D eigenvalue weighted by Gasteiger charge is -2.17. The van der Waals surface area contributed by atoms with Gasteiger partial charge in [-0.1, -0.05) is 23.9 Å². The Hall–Kier alpha value is -3.23. The lowest BCUT2D eigenvalue weighted by molar-refractivity contribution is 0.102. The van der Waals surface area contributed by atoms with E-state index in [-0.39, 0.29) is 23.1 Å². The molecule has 0 N–H and O–H groups in total. The molecule has 0 aliphatic carbocycles. The van der Waals surface area contributed by atoms with Gasteiger partial charge < -0.3 is 9.30 Å². The number of carbonyl (C=O) groups is 1. The quantitative estimate of drug-likeness (QED) is 0.199. The van der Waals surface area contributed by atoms with Crippen LogP contribution in [-0.4, -0.2) is 39.4 Å². The van der Waals surface area contributed by atoms with Gasteiger partial charge in [-0.05, 0) is 63.2 Å². The number of hydrogen-bond acceptors (Lipinski definition) is 5. The Morgan fingerprint density at radius 3 is 2.56 bits per heavy atom. The first-order valence-corrected chi connectivity index (χ1v) is 11.9. The molecule has 176 valence electrons. The Morgan fingerprint density at radius 2 is 1.85 bits per heavy atom. The average molecular weight is 480 g/mol. The van der Waals surface area contributed by atoms with Crippen LogP contribution in [0.5, 0.6) is 0 Å². The van der Waals surface area contributed by atoms with Gasteiger partial charge in [0.2, 0.25) is 0 Å². The van der Waals surface area contributed by atoms with Crippen molar-refractivity contribution in [2.24, 2.45) is 0 Å². The van der Waals surface area contributed by atoms with Gasteiger partial charge in [0.25, 0.3) is 5.56 Å². The molecule has 8 heteroatoms. The van der Waals surface area contributed by atoms with Crippen molar-refractivity contribution in [3.05, 3.63) is 87.7 Å². The first-order chi connectivity index (χ1) is 16.3. The van der Waals surface area contributed by atoms with Crippen LogP contribution < -0.4 is 5.56 Å². The highest BCUT2D eigenvalue weighted by molar-refractivity contribution is 7.99. The van der Waals surface area contributed by atoms with E-state index in [2.05, 4.69) is 9.55 Å². The number of halogens is 1. The highest BCUT2D eigenvalue weighted by Gasteiger charge is 2.20. The van der Waals surface area contributed by atoms with Crippen LogP contribution in [0.3, 0.4) is 0 Å². The van der Waals surface area contributed by atoms with E-state index >= 15 is 0 Å². The van der Waals surface area contributed by atoms with Crippen molar-refractivity contribution in [3.63, 3.8) is 0 Å². The minimum atomic E-state index is -0.395. The normalized spacial score (nSPS) is 12.3. The molecule has 1 atom stereocenters. The Morgan fingerprint density at radius 1 is 1.15 bits per heavy atom. The largest absolute Gasteiger partial charge is 0.383 e. The second kappa shape index (κ2) is 9.95. The molecule has 0 fully saturated rings. The number of benzene rings is 2. The molecule has 0 spiro atoms. The van der Waals surface area contributed by atoms with E-state index in [1.54, 1.807) is 25.3 Å². The number of hydrogen-bond donors (Lipinski definition) is 0. The molecule has 34 heavy (non-hydrogen) atoms. The molecule has 0 amide bonds. The van der Waals surface area contributed by atoms with Crippen LogP contribution in [0.1, 0.15) is 34.7 Å². The van der Waals surface area contributed by atoms with Gasteiger partial charge in [0.1, 0.15) is 5.82 Å². The second-order valence-corrected chi connectivity index (χ2v) is 9.14. The lowest BCUT2D eigenvalue weighted by Crippen LogP contribution is -2.22. The van der Waals surface area contributed by atoms with E-state index in [0.29, 0.717) is 33.9 Å². The first kappa shape index (κ1) is 23.9. The fraction of sp³-hybridized carbons (Fsp3) is 0.269. The van der Waals surface area contributed by atoms with Gasteiger partial charge in [0, 0.05) is 24.1 Å². The van der Waals surface area contributed by atoms with Crippen LogP contribution in [-0.2, 0) is 4.74 Å². The van der Waals surface area contributed by atoms with Gasteiger partial charge in [-0.15, -0.1) is 0 Å². The highest BCUT2D eigenvalue weighted by atomic mass is 32.2. The third kappa shape index (κ3) is 4.56. The smallest absolute Gasteiger partial charge is 0.266 e. The number of ether oxygens (including phenoxy) is 1. The van der Waals surface area contributed by atoms with Gasteiger partial charge in [0.05, 0.1) is 35.0 Å². The summed E-state index contributed by atoms with van der Waals surface area (Å²) in [5.41, 5.74) is 3.29. The molecule has 2 aromatic heterocycles. The third-order valence-electron chi connectivity index (χ3n) is 5.80. The minimum absolute atomic E-state index is 0.0537. The summed E-state index contributed by atoms with van der Waals surface area (Å²) in [6.45, 7) is 6.50. The summed E-state index contributed by atoms with van der Waals surface area (Å²) >= 11 is 1.20. The Kier molecular flexibility index (Phi) is 7.00. The molecule has 0 radical (unpaired) electrons. The van der Waals surface area contributed by atoms with E-state index in [1.165, 1.54) is 40.6 Å². The SMILES string of the molecule is COC[C@H](C)n1c(C)cc(C(=O)CSc2nc3ccccc3c(=O)n2-c2ccc(F)cc2)c1C. The molecule has 0 bridgehead atoms. The number of fused-ring (bicyclic) bond motifs is 1. The van der Waals surface area contributed by atoms with Gasteiger partial charge in [-0.3, -0.25) is 14.2 Å². The van der Waals surface area contributed by atoms with Crippen LogP contribution in [0.25, 0.3) is 16.6 Å². The van der Waals surface area contributed by atoms with Crippen LogP contribution in [0.15, 0.2) is 64.5 Å². The maximum absolute atomic E-state index is 13.5. The van der Waals surface area contributed by atoms with Crippen molar-refractivity contribution in [2.75, 3.05) is 19.5 Å². The summed E-state index contributed by atoms with van der Waals surface area (Å²) in [6, 6.07) is 14.7. The molecule has 0 saturated carbocycles. The average Bonchev–Trinajstić information content (AvgIpc) is 3.12. The van der Waals surface area contributed by atoms with Gasteiger partial charge in [0.15, 0.2) is 10.9 Å². The summed E-state index contributed by atoms with van der Waals surface area (Å²) in [7, 11) is 1.66. The minimum Gasteiger partial charge on any atom is -0.383 e. The standard InChI is InChI=1S/C26H26FN3O3S/c1-16-13-22(18(3)29(16)17(2)14-33-4)24(31)15-34-26-28-23-8-6-5-7-21(23)25(32)30(26)20-11-9-19(27)10-12-20/h5-13,17H,14-15H2,1-4H3/t17-/m0/s1. The van der Waals surface area contributed by atoms with Crippen molar-refractivity contribution < 1.29 is 13.9 Å². The summed E-state index contributed by atoms with van der Waals surface area (Å²) in [6.07, 6.45) is 0. The number of methoxy groups -OCH3 is 1. The predicted molar refractivity (Wildman–Crippen MR) is 133 cm³/mol. The molecule has 2 heterocycles. The highest BCUT2D eigenvalue weighted by Crippen LogP contribution is 2.25. The topological polar surface area (TPSA) is 66.1 Å². The number of ketones is 1. The summed E-state index contributed by atoms with van der Waals surface area (Å²) in [5.74, 6) is -0.343. The monoisotopic (exact) mass is 479 g/mol. The summed E-state index contributed by atoms with van der Waals surface area (Å²) < 4.78 is 22.3. The fourth-order valence-electron chi connectivity index (χ4n) is 4.29. The zero-order chi connectivity index (χ0) is 24.4. The molecular weight excluding hydrogens is 453 g/mol. The van der Waals surface area contributed by atoms with Crippen LogP contribution in [0.4, 0.5) is 4.39 Å². The Labute approximate surface area is 201 Å². The molecule has 0 aliphatic heterocycles. The first-order valence-electron chi connectivity index (χ1n) is 10.9. The summed E-state index contributed by atoms with van der Waals surface area (Å²) in [4.78, 5) is 31.2. The van der Waals surface area contributed by atoms with Gasteiger partial charge in [-0.2, -0.15) is 0 Å². The number of thioether (sulfide) groups is 1. The molecule has 0 aliphatic rings. The molecule has 6 nitrogen and oxygen atoms in total. The van der Waals surface area contributed by atoms with Crippen LogP contribution >= 0.6 is 11.8 Å². The number of rotatable bonds is 8. The van der Waals surface area contributed by atoms with Crippen molar-refractivity contribution in [3.8, 4) is 5.69 Å². The molecule has 4 aromatic rings. The van der Waals surface area contributed by atoms with E-state index in [0.717, 1.165) is 11.4 Å². The number of aromatic nitrogens is 3. The molecular formula is C26H26FN3O3S. The molecule has 4 rings (SSSR count). The van der Waals surface area contributed by atoms with Crippen molar-refractivity contribution in [1.82, 2.24) is 14.1 Å². The second-order valence-electron chi connectivity index (χ2n) is 8.20. The van der Waals surface area contributed by atoms with Crippen LogP contribution in [0.2, 0.25) is 0 Å². The number of carbonyl (C=O) groups excluding carboxylic acids is 1. The maximum atomic E-state index is 13.5. The van der Waals surface area contributed by atoms with Crippen LogP contribution in [0, 0.1) is 19.7 Å². The maximum Gasteiger partial charge on any atom is 0.266 e. The van der Waals surface area contributed by atoms with E-state index in [1.807, 2.05) is 32.9 Å². The summed E-state index contributed by atoms with van der Waals surface area (Å²) in [5, 5.41) is 0.836. The van der Waals surface area contributed by atoms with E-state index < -0.39 is 5.82 Å². The zero-order valence-corrected chi connectivity index (χ0v) is 20.4. The van der Waals surface area contributed by atoms with Gasteiger partial charge in [-0.25, -0.2) is 9.37 Å². The molecule has 0 saturated heterocycles. The number of aryl methyl sites for hydroxylation is 1. The Balaban J connectivity index is 1.70. The fourth-order valence-corrected chi connectivity index (χ4v) is 5.18. The Bertz CT molecular complexity index is 1410. The van der Waals surface area contributed by atoms with Crippen molar-refractivity contribution in [2.45, 2.75) is 32.0 Å².